The van der Waals surface area contributed by atoms with E-state index in [1.54, 1.807) is 0 Å². The average molecular weight is 256 g/mol. The van der Waals surface area contributed by atoms with Crippen LogP contribution in [0.25, 0.3) is 0 Å². The summed E-state index contributed by atoms with van der Waals surface area (Å²) in [5.41, 5.74) is 2.15. The number of rotatable bonds is 5. The van der Waals surface area contributed by atoms with Crippen LogP contribution < -0.4 is 10.1 Å². The van der Waals surface area contributed by atoms with Gasteiger partial charge in [-0.15, -0.1) is 0 Å². The molecule has 19 heavy (non-hydrogen) atoms. The fourth-order valence-corrected chi connectivity index (χ4v) is 1.79. The number of para-hydroxylation sites is 1. The molecule has 3 heteroatoms. The predicted molar refractivity (Wildman–Crippen MR) is 77.5 cm³/mol. The fraction of sp³-hybridized carbons (Fsp3) is 0.312. The van der Waals surface area contributed by atoms with Crippen LogP contribution in [0, 0.1) is 6.92 Å². The van der Waals surface area contributed by atoms with Crippen LogP contribution in [0.5, 0.6) is 11.6 Å². The topological polar surface area (TPSA) is 34.1 Å². The number of nitrogens with zero attached hydrogens (tertiary/aromatic N) is 1. The van der Waals surface area contributed by atoms with Crippen LogP contribution in [0.15, 0.2) is 42.5 Å². The summed E-state index contributed by atoms with van der Waals surface area (Å²) in [6.45, 7) is 7.08. The summed E-state index contributed by atoms with van der Waals surface area (Å²) < 4.78 is 5.77. The lowest BCUT2D eigenvalue weighted by Gasteiger charge is -2.11. The Morgan fingerprint density at radius 1 is 1.16 bits per heavy atom. The van der Waals surface area contributed by atoms with Crippen LogP contribution in [0.1, 0.15) is 25.1 Å². The molecular formula is C16H20N2O. The minimum Gasteiger partial charge on any atom is -0.439 e. The minimum absolute atomic E-state index is 0.465. The van der Waals surface area contributed by atoms with Crippen molar-refractivity contribution >= 4 is 0 Å². The van der Waals surface area contributed by atoms with E-state index in [1.807, 2.05) is 43.3 Å². The van der Waals surface area contributed by atoms with E-state index in [0.717, 1.165) is 18.0 Å². The Balaban J connectivity index is 2.12. The fourth-order valence-electron chi connectivity index (χ4n) is 1.79. The standard InChI is InChI=1S/C16H20N2O/c1-12(2)17-11-14-9-13(3)18-16(10-14)19-15-7-5-4-6-8-15/h4-10,12,17H,11H2,1-3H3. The highest BCUT2D eigenvalue weighted by atomic mass is 16.5. The first-order valence-corrected chi connectivity index (χ1v) is 6.57. The van der Waals surface area contributed by atoms with Crippen molar-refractivity contribution in [3.63, 3.8) is 0 Å². The molecule has 2 rings (SSSR count). The van der Waals surface area contributed by atoms with Crippen LogP contribution >= 0.6 is 0 Å². The van der Waals surface area contributed by atoms with Gasteiger partial charge in [0.25, 0.3) is 0 Å². The maximum Gasteiger partial charge on any atom is 0.219 e. The molecule has 0 saturated heterocycles. The number of pyridine rings is 1. The van der Waals surface area contributed by atoms with E-state index in [2.05, 4.69) is 30.2 Å². The molecule has 0 saturated carbocycles. The van der Waals surface area contributed by atoms with Crippen molar-refractivity contribution in [2.75, 3.05) is 0 Å². The van der Waals surface area contributed by atoms with Crippen LogP contribution in [-0.2, 0) is 6.54 Å². The second-order valence-corrected chi connectivity index (χ2v) is 4.91. The minimum atomic E-state index is 0.465. The summed E-state index contributed by atoms with van der Waals surface area (Å²) in [7, 11) is 0. The monoisotopic (exact) mass is 256 g/mol. The van der Waals surface area contributed by atoms with Gasteiger partial charge in [-0.1, -0.05) is 32.0 Å². The molecule has 0 bridgehead atoms. The van der Waals surface area contributed by atoms with E-state index in [9.17, 15) is 0 Å². The van der Waals surface area contributed by atoms with Gasteiger partial charge >= 0.3 is 0 Å². The lowest BCUT2D eigenvalue weighted by molar-refractivity contribution is 0.460. The molecule has 1 aromatic heterocycles. The number of nitrogens with one attached hydrogen (secondary N) is 1. The second-order valence-electron chi connectivity index (χ2n) is 4.91. The van der Waals surface area contributed by atoms with Crippen molar-refractivity contribution in [2.45, 2.75) is 33.4 Å². The van der Waals surface area contributed by atoms with Crippen LogP contribution in [0.4, 0.5) is 0 Å². The van der Waals surface area contributed by atoms with Crippen molar-refractivity contribution < 1.29 is 4.74 Å². The smallest absolute Gasteiger partial charge is 0.219 e. The normalized spacial score (nSPS) is 10.7. The van der Waals surface area contributed by atoms with Gasteiger partial charge in [-0.2, -0.15) is 0 Å². The predicted octanol–water partition coefficient (Wildman–Crippen LogP) is 3.68. The van der Waals surface area contributed by atoms with Crippen molar-refractivity contribution in [3.8, 4) is 11.6 Å². The van der Waals surface area contributed by atoms with Gasteiger partial charge in [-0.25, -0.2) is 4.98 Å². The third-order valence-electron chi connectivity index (χ3n) is 2.67. The maximum absolute atomic E-state index is 5.77. The highest BCUT2D eigenvalue weighted by Crippen LogP contribution is 2.20. The Bertz CT molecular complexity index is 524. The molecule has 0 aliphatic heterocycles. The van der Waals surface area contributed by atoms with E-state index in [-0.39, 0.29) is 0 Å². The van der Waals surface area contributed by atoms with Gasteiger partial charge in [-0.05, 0) is 30.7 Å². The third kappa shape index (κ3) is 4.38. The number of aromatic nitrogens is 1. The highest BCUT2D eigenvalue weighted by Gasteiger charge is 2.03. The molecule has 1 heterocycles. The molecule has 0 amide bonds. The molecule has 1 aromatic carbocycles. The van der Waals surface area contributed by atoms with Gasteiger partial charge in [0.05, 0.1) is 0 Å². The highest BCUT2D eigenvalue weighted by molar-refractivity contribution is 5.30. The molecule has 0 aliphatic carbocycles. The molecule has 2 aromatic rings. The Kier molecular flexibility index (Phi) is 4.53. The molecule has 100 valence electrons. The number of benzene rings is 1. The van der Waals surface area contributed by atoms with Gasteiger partial charge in [0, 0.05) is 24.3 Å². The van der Waals surface area contributed by atoms with Crippen molar-refractivity contribution in [1.82, 2.24) is 10.3 Å². The lowest BCUT2D eigenvalue weighted by atomic mass is 10.2. The first-order valence-electron chi connectivity index (χ1n) is 6.57. The molecule has 0 unspecified atom stereocenters. The number of hydrogen-bond acceptors (Lipinski definition) is 3. The second kappa shape index (κ2) is 6.34. The molecule has 0 aliphatic rings. The third-order valence-corrected chi connectivity index (χ3v) is 2.67. The molecule has 0 fully saturated rings. The SMILES string of the molecule is Cc1cc(CNC(C)C)cc(Oc2ccccc2)n1. The van der Waals surface area contributed by atoms with Crippen molar-refractivity contribution in [1.29, 1.82) is 0 Å². The summed E-state index contributed by atoms with van der Waals surface area (Å²) in [4.78, 5) is 4.41. The largest absolute Gasteiger partial charge is 0.439 e. The van der Waals surface area contributed by atoms with Gasteiger partial charge in [0.15, 0.2) is 0 Å². The zero-order chi connectivity index (χ0) is 13.7. The molecule has 0 atom stereocenters. The zero-order valence-electron chi connectivity index (χ0n) is 11.7. The van der Waals surface area contributed by atoms with Gasteiger partial charge in [-0.3, -0.25) is 0 Å². The van der Waals surface area contributed by atoms with Gasteiger partial charge in [0.2, 0.25) is 5.88 Å². The van der Waals surface area contributed by atoms with E-state index in [0.29, 0.717) is 11.9 Å². The van der Waals surface area contributed by atoms with E-state index in [1.165, 1.54) is 5.56 Å². The summed E-state index contributed by atoms with van der Waals surface area (Å²) in [6.07, 6.45) is 0. The molecular weight excluding hydrogens is 236 g/mol. The van der Waals surface area contributed by atoms with E-state index < -0.39 is 0 Å². The molecule has 0 spiro atoms. The van der Waals surface area contributed by atoms with Crippen molar-refractivity contribution in [3.05, 3.63) is 53.7 Å². The lowest BCUT2D eigenvalue weighted by Crippen LogP contribution is -2.21. The van der Waals surface area contributed by atoms with Gasteiger partial charge < -0.3 is 10.1 Å². The number of aryl methyl sites for hydroxylation is 1. The average Bonchev–Trinajstić information content (AvgIpc) is 2.37. The Labute approximate surface area is 114 Å². The summed E-state index contributed by atoms with van der Waals surface area (Å²) in [5, 5.41) is 3.40. The molecule has 0 radical (unpaired) electrons. The maximum atomic E-state index is 5.77. The molecule has 3 nitrogen and oxygen atoms in total. The summed E-state index contributed by atoms with van der Waals surface area (Å²) >= 11 is 0. The van der Waals surface area contributed by atoms with Gasteiger partial charge in [0.1, 0.15) is 5.75 Å². The first kappa shape index (κ1) is 13.6. The van der Waals surface area contributed by atoms with Crippen molar-refractivity contribution in [2.24, 2.45) is 0 Å². The zero-order valence-corrected chi connectivity index (χ0v) is 11.7. The van der Waals surface area contributed by atoms with E-state index in [4.69, 9.17) is 4.74 Å². The Morgan fingerprint density at radius 3 is 2.58 bits per heavy atom. The van der Waals surface area contributed by atoms with Crippen LogP contribution in [0.3, 0.4) is 0 Å². The quantitative estimate of drug-likeness (QED) is 0.886. The molecule has 1 N–H and O–H groups in total. The Morgan fingerprint density at radius 2 is 1.89 bits per heavy atom. The number of hydrogen-bond donors (Lipinski definition) is 1. The van der Waals surface area contributed by atoms with Crippen LogP contribution in [-0.4, -0.2) is 11.0 Å². The number of ether oxygens (including phenoxy) is 1. The van der Waals surface area contributed by atoms with E-state index >= 15 is 0 Å². The summed E-state index contributed by atoms with van der Waals surface area (Å²) in [6, 6.07) is 14.2. The Hall–Kier alpha value is -1.87. The summed E-state index contributed by atoms with van der Waals surface area (Å²) in [5.74, 6) is 1.45. The van der Waals surface area contributed by atoms with Crippen LogP contribution in [0.2, 0.25) is 0 Å². The first-order chi connectivity index (χ1) is 9.13.